The van der Waals surface area contributed by atoms with Crippen molar-refractivity contribution in [2.75, 3.05) is 18.0 Å². The van der Waals surface area contributed by atoms with Gasteiger partial charge in [-0.25, -0.2) is 9.78 Å². The van der Waals surface area contributed by atoms with Crippen LogP contribution < -0.4 is 15.8 Å². The summed E-state index contributed by atoms with van der Waals surface area (Å²) in [5.74, 6) is 1.40. The van der Waals surface area contributed by atoms with Gasteiger partial charge in [0, 0.05) is 42.5 Å². The van der Waals surface area contributed by atoms with Gasteiger partial charge >= 0.3 is 6.09 Å². The van der Waals surface area contributed by atoms with E-state index < -0.39 is 5.60 Å². The van der Waals surface area contributed by atoms with Crippen molar-refractivity contribution in [2.24, 2.45) is 18.9 Å². The minimum Gasteiger partial charge on any atom is -0.444 e. The number of hydrogen-bond donors (Lipinski definition) is 1. The lowest BCUT2D eigenvalue weighted by Crippen LogP contribution is -2.39. The lowest BCUT2D eigenvalue weighted by Gasteiger charge is -2.24. The maximum Gasteiger partial charge on any atom is 0.407 e. The zero-order chi connectivity index (χ0) is 20.4. The first-order chi connectivity index (χ1) is 13.0. The molecule has 1 unspecified atom stereocenters. The molecule has 7 nitrogen and oxygen atoms in total. The SMILES string of the molecule is Cc1cc(Br)c2nc(N3C[C@@H]4C(NC(=O)OC(C)(C)C)[C@@H]4C3)n(C)c(=O)c2c1. The minimum absolute atomic E-state index is 0.0478. The van der Waals surface area contributed by atoms with Crippen molar-refractivity contribution >= 4 is 38.9 Å². The topological polar surface area (TPSA) is 76.5 Å². The van der Waals surface area contributed by atoms with Crippen LogP contribution in [-0.4, -0.2) is 40.4 Å². The monoisotopic (exact) mass is 448 g/mol. The zero-order valence-electron chi connectivity index (χ0n) is 16.7. The third-order valence-corrected chi connectivity index (χ3v) is 6.02. The summed E-state index contributed by atoms with van der Waals surface area (Å²) < 4.78 is 7.79. The van der Waals surface area contributed by atoms with Crippen molar-refractivity contribution in [3.8, 4) is 0 Å². The first-order valence-electron chi connectivity index (χ1n) is 9.46. The van der Waals surface area contributed by atoms with Crippen LogP contribution in [-0.2, 0) is 11.8 Å². The third-order valence-electron chi connectivity index (χ3n) is 5.41. The molecular formula is C20H25BrN4O3. The van der Waals surface area contributed by atoms with Crippen molar-refractivity contribution in [1.29, 1.82) is 0 Å². The summed E-state index contributed by atoms with van der Waals surface area (Å²) in [7, 11) is 1.76. The van der Waals surface area contributed by atoms with Crippen LogP contribution in [0.25, 0.3) is 10.9 Å². The smallest absolute Gasteiger partial charge is 0.407 e. The largest absolute Gasteiger partial charge is 0.444 e. The fourth-order valence-corrected chi connectivity index (χ4v) is 4.75. The van der Waals surface area contributed by atoms with Gasteiger partial charge in [-0.2, -0.15) is 0 Å². The second kappa shape index (κ2) is 6.47. The number of carbonyl (C=O) groups is 1. The molecule has 2 heterocycles. The number of fused-ring (bicyclic) bond motifs is 2. The van der Waals surface area contributed by atoms with Crippen molar-refractivity contribution in [3.63, 3.8) is 0 Å². The molecule has 1 aromatic carbocycles. The van der Waals surface area contributed by atoms with E-state index in [1.54, 1.807) is 11.6 Å². The number of aromatic nitrogens is 2. The van der Waals surface area contributed by atoms with Gasteiger partial charge in [0.2, 0.25) is 5.95 Å². The van der Waals surface area contributed by atoms with Gasteiger partial charge in [-0.05, 0) is 61.3 Å². The highest BCUT2D eigenvalue weighted by atomic mass is 79.9. The second-order valence-electron chi connectivity index (χ2n) is 8.82. The molecule has 1 aliphatic heterocycles. The molecule has 3 atom stereocenters. The number of nitrogens with one attached hydrogen (secondary N) is 1. The predicted octanol–water partition coefficient (Wildman–Crippen LogP) is 2.96. The number of rotatable bonds is 2. The van der Waals surface area contributed by atoms with E-state index >= 15 is 0 Å². The van der Waals surface area contributed by atoms with E-state index in [4.69, 9.17) is 9.72 Å². The highest BCUT2D eigenvalue weighted by Gasteiger charge is 2.57. The van der Waals surface area contributed by atoms with Crippen LogP contribution in [0.3, 0.4) is 0 Å². The summed E-state index contributed by atoms with van der Waals surface area (Å²) in [5.41, 5.74) is 1.16. The Balaban J connectivity index is 1.51. The summed E-state index contributed by atoms with van der Waals surface area (Å²) in [6.45, 7) is 9.05. The number of alkyl carbamates (subject to hydrolysis) is 1. The molecule has 1 aliphatic carbocycles. The molecule has 2 fully saturated rings. The van der Waals surface area contributed by atoms with Crippen molar-refractivity contribution in [2.45, 2.75) is 39.3 Å². The van der Waals surface area contributed by atoms with Crippen LogP contribution in [0.4, 0.5) is 10.7 Å². The average Bonchev–Trinajstić information content (AvgIpc) is 3.00. The molecule has 8 heteroatoms. The lowest BCUT2D eigenvalue weighted by molar-refractivity contribution is 0.0518. The molecule has 1 amide bonds. The molecule has 1 saturated heterocycles. The molecule has 2 aliphatic rings. The number of hydrogen-bond acceptors (Lipinski definition) is 5. The van der Waals surface area contributed by atoms with Crippen LogP contribution in [0.2, 0.25) is 0 Å². The molecule has 0 spiro atoms. The molecule has 4 rings (SSSR count). The number of amides is 1. The van der Waals surface area contributed by atoms with Gasteiger partial charge in [-0.3, -0.25) is 9.36 Å². The molecule has 1 saturated carbocycles. The number of anilines is 1. The lowest BCUT2D eigenvalue weighted by atomic mass is 10.2. The van der Waals surface area contributed by atoms with E-state index in [9.17, 15) is 9.59 Å². The average molecular weight is 449 g/mol. The van der Waals surface area contributed by atoms with Gasteiger partial charge in [0.25, 0.3) is 5.56 Å². The first kappa shape index (κ1) is 19.2. The Hall–Kier alpha value is -2.09. The number of aryl methyl sites for hydroxylation is 1. The number of nitrogens with zero attached hydrogens (tertiary/aromatic N) is 3. The number of piperidine rings is 1. The Bertz CT molecular complexity index is 1010. The Morgan fingerprint density at radius 3 is 2.54 bits per heavy atom. The minimum atomic E-state index is -0.501. The standard InChI is InChI=1S/C20H25BrN4O3/c1-10-6-11-16(14(21)7-10)22-18(24(5)17(11)26)25-8-12-13(9-25)15(12)23-19(27)28-20(2,3)4/h6-7,12-13,15H,8-9H2,1-5H3,(H,23,27)/t12-,13+,15?. The zero-order valence-corrected chi connectivity index (χ0v) is 18.3. The van der Waals surface area contributed by atoms with E-state index in [1.807, 2.05) is 39.8 Å². The summed E-state index contributed by atoms with van der Waals surface area (Å²) in [4.78, 5) is 31.8. The number of carbonyl (C=O) groups excluding carboxylic acids is 1. The molecule has 1 aromatic heterocycles. The molecule has 1 N–H and O–H groups in total. The quantitative estimate of drug-likeness (QED) is 0.763. The van der Waals surface area contributed by atoms with E-state index in [-0.39, 0.29) is 17.7 Å². The maximum atomic E-state index is 12.8. The summed E-state index contributed by atoms with van der Waals surface area (Å²) in [5, 5.41) is 3.59. The molecular weight excluding hydrogens is 424 g/mol. The van der Waals surface area contributed by atoms with Gasteiger partial charge in [-0.15, -0.1) is 0 Å². The van der Waals surface area contributed by atoms with Crippen LogP contribution in [0.15, 0.2) is 21.4 Å². The summed E-state index contributed by atoms with van der Waals surface area (Å²) >= 11 is 3.54. The van der Waals surface area contributed by atoms with E-state index in [1.165, 1.54) is 0 Å². The molecule has 150 valence electrons. The summed E-state index contributed by atoms with van der Waals surface area (Å²) in [6, 6.07) is 3.99. The predicted molar refractivity (Wildman–Crippen MR) is 112 cm³/mol. The maximum absolute atomic E-state index is 12.8. The number of benzene rings is 1. The second-order valence-corrected chi connectivity index (χ2v) is 9.68. The first-order valence-corrected chi connectivity index (χ1v) is 10.3. The van der Waals surface area contributed by atoms with Gasteiger partial charge < -0.3 is 15.0 Å². The van der Waals surface area contributed by atoms with Gasteiger partial charge in [0.05, 0.1) is 10.9 Å². The highest BCUT2D eigenvalue weighted by molar-refractivity contribution is 9.10. The summed E-state index contributed by atoms with van der Waals surface area (Å²) in [6.07, 6.45) is -0.367. The van der Waals surface area contributed by atoms with Gasteiger partial charge in [0.15, 0.2) is 0 Å². The molecule has 0 radical (unpaired) electrons. The van der Waals surface area contributed by atoms with E-state index in [0.29, 0.717) is 28.7 Å². The molecule has 2 aromatic rings. The van der Waals surface area contributed by atoms with Gasteiger partial charge in [-0.1, -0.05) is 0 Å². The van der Waals surface area contributed by atoms with Crippen LogP contribution >= 0.6 is 15.9 Å². The Morgan fingerprint density at radius 2 is 1.93 bits per heavy atom. The Labute approximate surface area is 172 Å². The van der Waals surface area contributed by atoms with E-state index in [0.717, 1.165) is 23.1 Å². The van der Waals surface area contributed by atoms with Gasteiger partial charge in [0.1, 0.15) is 5.60 Å². The third kappa shape index (κ3) is 3.38. The molecule has 28 heavy (non-hydrogen) atoms. The number of ether oxygens (including phenoxy) is 1. The fraction of sp³-hybridized carbons (Fsp3) is 0.550. The van der Waals surface area contributed by atoms with Crippen LogP contribution in [0, 0.1) is 18.8 Å². The fourth-order valence-electron chi connectivity index (χ4n) is 4.09. The molecule has 0 bridgehead atoms. The normalized spacial score (nSPS) is 23.6. The van der Waals surface area contributed by atoms with Crippen LogP contribution in [0.1, 0.15) is 26.3 Å². The number of halogens is 1. The highest BCUT2D eigenvalue weighted by Crippen LogP contribution is 2.46. The van der Waals surface area contributed by atoms with Crippen LogP contribution in [0.5, 0.6) is 0 Å². The van der Waals surface area contributed by atoms with Crippen molar-refractivity contribution in [1.82, 2.24) is 14.9 Å². The van der Waals surface area contributed by atoms with E-state index in [2.05, 4.69) is 26.1 Å². The Morgan fingerprint density at radius 1 is 1.29 bits per heavy atom. The van der Waals surface area contributed by atoms with Crippen molar-refractivity contribution in [3.05, 3.63) is 32.5 Å². The Kier molecular flexibility index (Phi) is 4.45. The van der Waals surface area contributed by atoms with Crippen molar-refractivity contribution < 1.29 is 9.53 Å².